The third kappa shape index (κ3) is 5.24. The molecule has 29 heavy (non-hydrogen) atoms. The molecular formula is C20H23N5O2S2. The Hall–Kier alpha value is -2.65. The Labute approximate surface area is 177 Å². The van der Waals surface area contributed by atoms with E-state index < -0.39 is 0 Å². The Bertz CT molecular complexity index is 998. The summed E-state index contributed by atoms with van der Waals surface area (Å²) >= 11 is 2.98. The molecule has 0 saturated carbocycles. The van der Waals surface area contributed by atoms with Gasteiger partial charge in [0.2, 0.25) is 11.8 Å². The van der Waals surface area contributed by atoms with Gasteiger partial charge in [-0.1, -0.05) is 24.8 Å². The van der Waals surface area contributed by atoms with E-state index in [9.17, 15) is 9.59 Å². The first-order valence-corrected chi connectivity index (χ1v) is 11.2. The Kier molecular flexibility index (Phi) is 7.05. The number of nitrogens with one attached hydrogen (secondary N) is 2. The highest BCUT2D eigenvalue weighted by Gasteiger charge is 2.15. The van der Waals surface area contributed by atoms with Gasteiger partial charge in [-0.2, -0.15) is 0 Å². The first-order valence-electron chi connectivity index (χ1n) is 9.32. The van der Waals surface area contributed by atoms with Gasteiger partial charge in [0, 0.05) is 24.3 Å². The van der Waals surface area contributed by atoms with Crippen LogP contribution in [0.2, 0.25) is 0 Å². The second-order valence-corrected chi connectivity index (χ2v) is 8.19. The maximum absolute atomic E-state index is 12.4. The quantitative estimate of drug-likeness (QED) is 0.518. The summed E-state index contributed by atoms with van der Waals surface area (Å²) in [7, 11) is 0. The molecule has 2 aromatic heterocycles. The summed E-state index contributed by atoms with van der Waals surface area (Å²) in [6.07, 6.45) is 0.422. The van der Waals surface area contributed by atoms with Crippen LogP contribution in [0.15, 0.2) is 40.9 Å². The molecule has 1 aromatic carbocycles. The summed E-state index contributed by atoms with van der Waals surface area (Å²) in [5.74, 6) is 0.897. The first kappa shape index (κ1) is 21.1. The minimum atomic E-state index is -0.119. The lowest BCUT2D eigenvalue weighted by molar-refractivity contribution is -0.116. The van der Waals surface area contributed by atoms with Crippen molar-refractivity contribution < 1.29 is 9.59 Å². The van der Waals surface area contributed by atoms with Crippen molar-refractivity contribution in [2.75, 3.05) is 16.4 Å². The minimum absolute atomic E-state index is 0.0421. The van der Waals surface area contributed by atoms with Crippen LogP contribution in [0.5, 0.6) is 0 Å². The molecule has 0 atom stereocenters. The lowest BCUT2D eigenvalue weighted by Gasteiger charge is -2.11. The Balaban J connectivity index is 1.61. The zero-order chi connectivity index (χ0) is 20.8. The molecule has 0 fully saturated rings. The lowest BCUT2D eigenvalue weighted by atomic mass is 10.1. The zero-order valence-electron chi connectivity index (χ0n) is 16.6. The van der Waals surface area contributed by atoms with Gasteiger partial charge in [-0.05, 0) is 49.1 Å². The summed E-state index contributed by atoms with van der Waals surface area (Å²) in [6, 6.07) is 9.42. The summed E-state index contributed by atoms with van der Waals surface area (Å²) in [5.41, 5.74) is 2.33. The van der Waals surface area contributed by atoms with Gasteiger partial charge in [0.15, 0.2) is 11.0 Å². The molecule has 0 unspecified atom stereocenters. The number of carbonyl (C=O) groups is 2. The van der Waals surface area contributed by atoms with E-state index in [-0.39, 0.29) is 17.6 Å². The second-order valence-electron chi connectivity index (χ2n) is 6.30. The fraction of sp³-hybridized carbons (Fsp3) is 0.300. The van der Waals surface area contributed by atoms with Crippen molar-refractivity contribution in [2.45, 2.75) is 38.9 Å². The van der Waals surface area contributed by atoms with Gasteiger partial charge in [0.25, 0.3) is 0 Å². The van der Waals surface area contributed by atoms with Crippen LogP contribution in [0.25, 0.3) is 10.7 Å². The van der Waals surface area contributed by atoms with Crippen molar-refractivity contribution in [1.82, 2.24) is 14.8 Å². The molecule has 2 heterocycles. The summed E-state index contributed by atoms with van der Waals surface area (Å²) < 4.78 is 2.01. The van der Waals surface area contributed by atoms with Crippen molar-refractivity contribution in [2.24, 2.45) is 0 Å². The van der Waals surface area contributed by atoms with Gasteiger partial charge >= 0.3 is 0 Å². The van der Waals surface area contributed by atoms with Crippen LogP contribution < -0.4 is 10.6 Å². The maximum atomic E-state index is 12.4. The van der Waals surface area contributed by atoms with Crippen LogP contribution >= 0.6 is 23.1 Å². The highest BCUT2D eigenvalue weighted by Crippen LogP contribution is 2.27. The Morgan fingerprint density at radius 3 is 2.62 bits per heavy atom. The Morgan fingerprint density at radius 1 is 1.14 bits per heavy atom. The Morgan fingerprint density at radius 2 is 1.97 bits per heavy atom. The fourth-order valence-electron chi connectivity index (χ4n) is 2.72. The van der Waals surface area contributed by atoms with E-state index in [2.05, 4.69) is 20.8 Å². The average Bonchev–Trinajstić information content (AvgIpc) is 3.37. The number of aromatic nitrogens is 3. The molecule has 2 N–H and O–H groups in total. The molecule has 2 amide bonds. The van der Waals surface area contributed by atoms with Gasteiger partial charge in [0.05, 0.1) is 10.6 Å². The molecule has 152 valence electrons. The monoisotopic (exact) mass is 429 g/mol. The summed E-state index contributed by atoms with van der Waals surface area (Å²) in [5, 5.41) is 17.0. The second kappa shape index (κ2) is 9.71. The highest BCUT2D eigenvalue weighted by molar-refractivity contribution is 7.99. The van der Waals surface area contributed by atoms with E-state index in [1.54, 1.807) is 30.4 Å². The van der Waals surface area contributed by atoms with Crippen molar-refractivity contribution in [3.8, 4) is 10.7 Å². The normalized spacial score (nSPS) is 10.7. The van der Waals surface area contributed by atoms with Crippen LogP contribution in [0.4, 0.5) is 11.4 Å². The maximum Gasteiger partial charge on any atom is 0.234 e. The minimum Gasteiger partial charge on any atom is -0.326 e. The lowest BCUT2D eigenvalue weighted by Crippen LogP contribution is -2.16. The van der Waals surface area contributed by atoms with E-state index in [0.29, 0.717) is 6.42 Å². The zero-order valence-corrected chi connectivity index (χ0v) is 18.2. The molecule has 3 rings (SSSR count). The molecule has 7 nitrogen and oxygen atoms in total. The third-order valence-electron chi connectivity index (χ3n) is 4.21. The van der Waals surface area contributed by atoms with E-state index in [0.717, 1.165) is 39.3 Å². The van der Waals surface area contributed by atoms with Crippen LogP contribution in [0.1, 0.15) is 25.8 Å². The van der Waals surface area contributed by atoms with Gasteiger partial charge in [-0.15, -0.1) is 21.5 Å². The number of hydrogen-bond donors (Lipinski definition) is 2. The van der Waals surface area contributed by atoms with Crippen molar-refractivity contribution in [3.05, 3.63) is 41.3 Å². The highest BCUT2D eigenvalue weighted by atomic mass is 32.2. The summed E-state index contributed by atoms with van der Waals surface area (Å²) in [4.78, 5) is 25.0. The van der Waals surface area contributed by atoms with E-state index >= 15 is 0 Å². The molecule has 3 aromatic rings. The molecule has 9 heteroatoms. The SMILES string of the molecule is CCC(=O)Nc1ccc(NC(=O)CSc2nnc(-c3cccs3)n2CC)c(C)c1. The largest absolute Gasteiger partial charge is 0.326 e. The van der Waals surface area contributed by atoms with Crippen LogP contribution in [-0.2, 0) is 16.1 Å². The molecule has 0 aliphatic carbocycles. The number of carbonyl (C=O) groups excluding carboxylic acids is 2. The van der Waals surface area contributed by atoms with Crippen molar-refractivity contribution in [1.29, 1.82) is 0 Å². The van der Waals surface area contributed by atoms with Crippen molar-refractivity contribution in [3.63, 3.8) is 0 Å². The molecular weight excluding hydrogens is 406 g/mol. The molecule has 0 bridgehead atoms. The number of rotatable bonds is 8. The van der Waals surface area contributed by atoms with E-state index in [1.165, 1.54) is 11.8 Å². The third-order valence-corrected chi connectivity index (χ3v) is 6.04. The van der Waals surface area contributed by atoms with Gasteiger partial charge in [-0.25, -0.2) is 0 Å². The van der Waals surface area contributed by atoms with Gasteiger partial charge in [0.1, 0.15) is 0 Å². The number of nitrogens with zero attached hydrogens (tertiary/aromatic N) is 3. The van der Waals surface area contributed by atoms with Crippen LogP contribution in [-0.4, -0.2) is 32.3 Å². The predicted molar refractivity (Wildman–Crippen MR) is 118 cm³/mol. The topological polar surface area (TPSA) is 88.9 Å². The fourth-order valence-corrected chi connectivity index (χ4v) is 4.24. The number of thioether (sulfide) groups is 1. The number of anilines is 2. The number of hydrogen-bond acceptors (Lipinski definition) is 6. The van der Waals surface area contributed by atoms with Gasteiger partial charge in [-0.3, -0.25) is 9.59 Å². The first-order chi connectivity index (χ1) is 14.0. The molecule has 0 aliphatic rings. The van der Waals surface area contributed by atoms with Gasteiger partial charge < -0.3 is 15.2 Å². The van der Waals surface area contributed by atoms with Crippen LogP contribution in [0, 0.1) is 6.92 Å². The standard InChI is InChI=1S/C20H23N5O2S2/c1-4-17(26)21-14-8-9-15(13(3)11-14)22-18(27)12-29-20-24-23-19(25(20)5-2)16-7-6-10-28-16/h6-11H,4-5,12H2,1-3H3,(H,21,26)(H,22,27). The molecule has 0 spiro atoms. The van der Waals surface area contributed by atoms with E-state index in [4.69, 9.17) is 0 Å². The number of thiophene rings is 1. The molecule has 0 aliphatic heterocycles. The van der Waals surface area contributed by atoms with Crippen molar-refractivity contribution >= 4 is 46.3 Å². The van der Waals surface area contributed by atoms with Crippen LogP contribution in [0.3, 0.4) is 0 Å². The predicted octanol–water partition coefficient (Wildman–Crippen LogP) is 4.41. The number of benzene rings is 1. The number of amides is 2. The number of aryl methyl sites for hydroxylation is 1. The van der Waals surface area contributed by atoms with E-state index in [1.807, 2.05) is 42.0 Å². The molecule has 0 radical (unpaired) electrons. The average molecular weight is 430 g/mol. The summed E-state index contributed by atoms with van der Waals surface area (Å²) in [6.45, 7) is 6.46. The smallest absolute Gasteiger partial charge is 0.234 e. The molecule has 0 saturated heterocycles.